The van der Waals surface area contributed by atoms with Crippen molar-refractivity contribution >= 4 is 12.1 Å². The number of rotatable bonds is 6. The maximum atomic E-state index is 12.2. The van der Waals surface area contributed by atoms with Crippen LogP contribution < -0.4 is 5.32 Å². The molecule has 0 unspecified atom stereocenters. The summed E-state index contributed by atoms with van der Waals surface area (Å²) in [6, 6.07) is 15.2. The smallest absolute Gasteiger partial charge is 0.407 e. The highest BCUT2D eigenvalue weighted by atomic mass is 16.5. The Hall–Kier alpha value is -2.82. The number of carbonyl (C=O) groups excluding carboxylic acids is 1. The maximum Gasteiger partial charge on any atom is 0.407 e. The molecular weight excluding hydrogens is 330 g/mol. The summed E-state index contributed by atoms with van der Waals surface area (Å²) in [5, 5.41) is 11.8. The van der Waals surface area contributed by atoms with Gasteiger partial charge in [-0.15, -0.1) is 0 Å². The van der Waals surface area contributed by atoms with Crippen LogP contribution in [-0.2, 0) is 9.53 Å². The minimum Gasteiger partial charge on any atom is -0.480 e. The molecular formula is C21H23NO4. The summed E-state index contributed by atoms with van der Waals surface area (Å²) in [6.07, 6.45) is -0.0415. The van der Waals surface area contributed by atoms with Crippen molar-refractivity contribution in [3.05, 3.63) is 59.7 Å². The first-order valence-electron chi connectivity index (χ1n) is 8.87. The Morgan fingerprint density at radius 1 is 1.08 bits per heavy atom. The molecule has 2 N–H and O–H groups in total. The zero-order chi connectivity index (χ0) is 18.7. The maximum absolute atomic E-state index is 12.2. The average molecular weight is 353 g/mol. The minimum atomic E-state index is -1.05. The second kappa shape index (κ2) is 7.60. The summed E-state index contributed by atoms with van der Waals surface area (Å²) < 4.78 is 5.40. The van der Waals surface area contributed by atoms with E-state index in [1.165, 1.54) is 0 Å². The van der Waals surface area contributed by atoms with Crippen molar-refractivity contribution in [2.75, 3.05) is 6.61 Å². The van der Waals surface area contributed by atoms with Crippen molar-refractivity contribution in [3.8, 4) is 11.1 Å². The molecule has 5 heteroatoms. The quantitative estimate of drug-likeness (QED) is 0.822. The number of carboxylic acids is 1. The average Bonchev–Trinajstić information content (AvgIpc) is 2.97. The predicted molar refractivity (Wildman–Crippen MR) is 99.1 cm³/mol. The molecule has 0 saturated heterocycles. The monoisotopic (exact) mass is 353 g/mol. The minimum absolute atomic E-state index is 0.0416. The molecule has 0 radical (unpaired) electrons. The number of hydrogen-bond acceptors (Lipinski definition) is 3. The Balaban J connectivity index is 1.72. The van der Waals surface area contributed by atoms with E-state index in [9.17, 15) is 14.7 Å². The van der Waals surface area contributed by atoms with Gasteiger partial charge in [0.15, 0.2) is 0 Å². The van der Waals surface area contributed by atoms with E-state index in [0.29, 0.717) is 6.42 Å². The summed E-state index contributed by atoms with van der Waals surface area (Å²) in [5.41, 5.74) is 4.55. The third-order valence-corrected chi connectivity index (χ3v) is 5.10. The Labute approximate surface area is 153 Å². The lowest BCUT2D eigenvalue weighted by Crippen LogP contribution is -2.45. The van der Waals surface area contributed by atoms with Gasteiger partial charge >= 0.3 is 12.1 Å². The molecule has 0 aromatic heterocycles. The first-order chi connectivity index (χ1) is 12.5. The summed E-state index contributed by atoms with van der Waals surface area (Å²) >= 11 is 0. The lowest BCUT2D eigenvalue weighted by Gasteiger charge is -2.21. The van der Waals surface area contributed by atoms with Gasteiger partial charge < -0.3 is 15.2 Å². The summed E-state index contributed by atoms with van der Waals surface area (Å²) in [4.78, 5) is 23.5. The van der Waals surface area contributed by atoms with E-state index >= 15 is 0 Å². The number of ether oxygens (including phenoxy) is 1. The lowest BCUT2D eigenvalue weighted by atomic mass is 9.98. The third kappa shape index (κ3) is 3.43. The van der Waals surface area contributed by atoms with Gasteiger partial charge in [-0.2, -0.15) is 0 Å². The van der Waals surface area contributed by atoms with Gasteiger partial charge in [-0.1, -0.05) is 68.8 Å². The number of aliphatic carboxylic acids is 1. The second-order valence-corrected chi connectivity index (χ2v) is 6.67. The second-order valence-electron chi connectivity index (χ2n) is 6.67. The molecule has 0 fully saturated rings. The number of carboxylic acid groups (broad SMARTS) is 1. The molecule has 2 atom stereocenters. The van der Waals surface area contributed by atoms with E-state index in [1.54, 1.807) is 6.92 Å². The Morgan fingerprint density at radius 3 is 2.12 bits per heavy atom. The summed E-state index contributed by atoms with van der Waals surface area (Å²) in [7, 11) is 0. The first-order valence-corrected chi connectivity index (χ1v) is 8.87. The van der Waals surface area contributed by atoms with E-state index in [1.807, 2.05) is 43.3 Å². The van der Waals surface area contributed by atoms with Crippen molar-refractivity contribution in [1.82, 2.24) is 5.32 Å². The van der Waals surface area contributed by atoms with E-state index < -0.39 is 18.1 Å². The largest absolute Gasteiger partial charge is 0.480 e. The van der Waals surface area contributed by atoms with Gasteiger partial charge in [0.2, 0.25) is 0 Å². The van der Waals surface area contributed by atoms with Crippen LogP contribution in [0.25, 0.3) is 11.1 Å². The summed E-state index contributed by atoms with van der Waals surface area (Å²) in [5.74, 6) is -1.26. The molecule has 1 amide bonds. The number of carbonyl (C=O) groups is 2. The number of fused-ring (bicyclic) bond motifs is 3. The van der Waals surface area contributed by atoms with Crippen LogP contribution >= 0.6 is 0 Å². The molecule has 2 aromatic carbocycles. The molecule has 0 spiro atoms. The standard InChI is InChI=1S/C21H23NO4/c1-3-13(2)19(20(23)24)22-21(25)26-12-18-16-10-6-4-8-14(16)15-9-5-7-11-17(15)18/h4-11,13,18-19H,3,12H2,1-2H3,(H,22,25)(H,23,24)/t13-,19+/m0/s1. The van der Waals surface area contributed by atoms with Crippen LogP contribution in [0.2, 0.25) is 0 Å². The lowest BCUT2D eigenvalue weighted by molar-refractivity contribution is -0.140. The molecule has 26 heavy (non-hydrogen) atoms. The molecule has 5 nitrogen and oxygen atoms in total. The van der Waals surface area contributed by atoms with Crippen LogP contribution in [0.15, 0.2) is 48.5 Å². The van der Waals surface area contributed by atoms with Gasteiger partial charge in [0, 0.05) is 5.92 Å². The highest BCUT2D eigenvalue weighted by molar-refractivity contribution is 5.81. The molecule has 0 aliphatic heterocycles. The Morgan fingerprint density at radius 2 is 1.62 bits per heavy atom. The highest BCUT2D eigenvalue weighted by Crippen LogP contribution is 2.44. The van der Waals surface area contributed by atoms with Crippen molar-refractivity contribution in [1.29, 1.82) is 0 Å². The van der Waals surface area contributed by atoms with Crippen molar-refractivity contribution < 1.29 is 19.4 Å². The zero-order valence-electron chi connectivity index (χ0n) is 14.9. The van der Waals surface area contributed by atoms with Gasteiger partial charge in [-0.25, -0.2) is 9.59 Å². The normalized spacial score (nSPS) is 14.8. The number of alkyl carbamates (subject to hydrolysis) is 1. The van der Waals surface area contributed by atoms with Crippen LogP contribution in [0.3, 0.4) is 0 Å². The third-order valence-electron chi connectivity index (χ3n) is 5.10. The topological polar surface area (TPSA) is 75.6 Å². The van der Waals surface area contributed by atoms with Crippen LogP contribution in [0.1, 0.15) is 37.3 Å². The fourth-order valence-corrected chi connectivity index (χ4v) is 3.45. The van der Waals surface area contributed by atoms with Crippen LogP contribution in [0.5, 0.6) is 0 Å². The molecule has 1 aliphatic rings. The predicted octanol–water partition coefficient (Wildman–Crippen LogP) is 4.02. The SMILES string of the molecule is CC[C@H](C)[C@@H](NC(=O)OCC1c2ccccc2-c2ccccc21)C(=O)O. The fourth-order valence-electron chi connectivity index (χ4n) is 3.45. The van der Waals surface area contributed by atoms with Gasteiger partial charge in [0.1, 0.15) is 12.6 Å². The summed E-state index contributed by atoms with van der Waals surface area (Å²) in [6.45, 7) is 3.86. The molecule has 136 valence electrons. The van der Waals surface area contributed by atoms with Gasteiger partial charge in [-0.05, 0) is 28.2 Å². The number of nitrogens with one attached hydrogen (secondary N) is 1. The van der Waals surface area contributed by atoms with Crippen LogP contribution in [0.4, 0.5) is 4.79 Å². The molecule has 0 saturated carbocycles. The van der Waals surface area contributed by atoms with Gasteiger partial charge in [-0.3, -0.25) is 0 Å². The van der Waals surface area contributed by atoms with E-state index in [0.717, 1.165) is 22.3 Å². The molecule has 0 bridgehead atoms. The van der Waals surface area contributed by atoms with Crippen molar-refractivity contribution in [2.45, 2.75) is 32.2 Å². The van der Waals surface area contributed by atoms with Gasteiger partial charge in [0.25, 0.3) is 0 Å². The molecule has 3 rings (SSSR count). The van der Waals surface area contributed by atoms with E-state index in [-0.39, 0.29) is 18.4 Å². The zero-order valence-corrected chi connectivity index (χ0v) is 14.9. The first kappa shape index (κ1) is 18.0. The fraction of sp³-hybridized carbons (Fsp3) is 0.333. The molecule has 1 aliphatic carbocycles. The van der Waals surface area contributed by atoms with E-state index in [4.69, 9.17) is 4.74 Å². The van der Waals surface area contributed by atoms with Crippen LogP contribution in [0, 0.1) is 5.92 Å². The highest BCUT2D eigenvalue weighted by Gasteiger charge is 2.30. The van der Waals surface area contributed by atoms with Crippen molar-refractivity contribution in [2.24, 2.45) is 5.92 Å². The Kier molecular flexibility index (Phi) is 5.26. The molecule has 2 aromatic rings. The van der Waals surface area contributed by atoms with Crippen LogP contribution in [-0.4, -0.2) is 29.8 Å². The van der Waals surface area contributed by atoms with Gasteiger partial charge in [0.05, 0.1) is 0 Å². The van der Waals surface area contributed by atoms with E-state index in [2.05, 4.69) is 17.4 Å². The number of benzene rings is 2. The number of hydrogen-bond donors (Lipinski definition) is 2. The van der Waals surface area contributed by atoms with Crippen molar-refractivity contribution in [3.63, 3.8) is 0 Å². The Bertz CT molecular complexity index is 772. The number of amides is 1. The molecule has 0 heterocycles.